The van der Waals surface area contributed by atoms with E-state index in [9.17, 15) is 14.7 Å². The fourth-order valence-corrected chi connectivity index (χ4v) is 5.61. The van der Waals surface area contributed by atoms with Crippen LogP contribution in [0.25, 0.3) is 0 Å². The Kier molecular flexibility index (Phi) is 35.3. The number of hydrogen-bond donors (Lipinski definition) is 3. The van der Waals surface area contributed by atoms with E-state index in [4.69, 9.17) is 0 Å². The normalized spacial score (nSPS) is 12.5. The number of allylic oxidation sites excluding steroid dienone is 9. The molecule has 0 fully saturated rings. The number of rotatable bonds is 36. The molecule has 0 heterocycles. The van der Waals surface area contributed by atoms with Crippen molar-refractivity contribution in [1.29, 1.82) is 0 Å². The molecule has 0 spiro atoms. The Morgan fingerprint density at radius 3 is 1.48 bits per heavy atom. The smallest absolute Gasteiger partial charge is 0.326 e. The molecule has 1 amide bonds. The van der Waals surface area contributed by atoms with E-state index in [-0.39, 0.29) is 5.91 Å². The Morgan fingerprint density at radius 2 is 1.00 bits per heavy atom. The highest BCUT2D eigenvalue weighted by atomic mass is 16.4. The predicted molar refractivity (Wildman–Crippen MR) is 209 cm³/mol. The van der Waals surface area contributed by atoms with Crippen molar-refractivity contribution in [2.24, 2.45) is 0 Å². The number of carboxylic acids is 1. The average Bonchev–Trinajstić information content (AvgIpc) is 3.07. The molecule has 0 aromatic heterocycles. The average molecular weight is 669 g/mol. The van der Waals surface area contributed by atoms with Gasteiger partial charge in [0.1, 0.15) is 6.04 Å². The first-order chi connectivity index (χ1) is 23.5. The Hall–Kier alpha value is -2.56. The fourth-order valence-electron chi connectivity index (χ4n) is 5.61. The molecule has 48 heavy (non-hydrogen) atoms. The van der Waals surface area contributed by atoms with Crippen LogP contribution in [-0.2, 0) is 9.59 Å². The molecule has 5 nitrogen and oxygen atoms in total. The number of aliphatic carboxylic acids is 1. The molecular weight excluding hydrogens is 592 g/mol. The molecule has 0 saturated carbocycles. The van der Waals surface area contributed by atoms with Crippen LogP contribution in [0.2, 0.25) is 0 Å². The standard InChI is InChI=1S/C43H76N2O3/c1-4-6-8-10-12-14-16-18-20-22-24-26-28-30-32-36-40(3)45-41(43(47)48)37-34-35-39-44-42(46)38-33-31-29-27-25-23-21-19-17-15-13-11-9-7-5-2/h12-15,18-21,41,45H,3-11,16-17,22-39H2,1-2H3,(H,44,46)(H,47,48)/b14-12-,15-13-,20-18-,21-19-/t41-/m0/s1. The third-order valence-corrected chi connectivity index (χ3v) is 8.70. The molecule has 5 heteroatoms. The molecule has 0 bridgehead atoms. The van der Waals surface area contributed by atoms with Gasteiger partial charge in [-0.15, -0.1) is 0 Å². The summed E-state index contributed by atoms with van der Waals surface area (Å²) in [6, 6.07) is -0.612. The van der Waals surface area contributed by atoms with Gasteiger partial charge in [-0.2, -0.15) is 0 Å². The second-order valence-corrected chi connectivity index (χ2v) is 13.4. The third kappa shape index (κ3) is 34.8. The highest BCUT2D eigenvalue weighted by Crippen LogP contribution is 2.12. The fraction of sp³-hybridized carbons (Fsp3) is 0.721. The largest absolute Gasteiger partial charge is 0.480 e. The summed E-state index contributed by atoms with van der Waals surface area (Å²) in [6.07, 6.45) is 48.0. The van der Waals surface area contributed by atoms with Crippen molar-refractivity contribution in [2.45, 2.75) is 193 Å². The molecule has 0 aliphatic heterocycles. The Labute approximate surface area is 297 Å². The molecule has 0 aliphatic rings. The number of unbranched alkanes of at least 4 members (excludes halogenated alkanes) is 17. The van der Waals surface area contributed by atoms with Gasteiger partial charge in [0.05, 0.1) is 0 Å². The highest BCUT2D eigenvalue weighted by Gasteiger charge is 2.17. The van der Waals surface area contributed by atoms with E-state index in [1.807, 2.05) is 0 Å². The summed E-state index contributed by atoms with van der Waals surface area (Å²) in [5, 5.41) is 15.8. The summed E-state index contributed by atoms with van der Waals surface area (Å²) in [7, 11) is 0. The first kappa shape index (κ1) is 45.4. The summed E-state index contributed by atoms with van der Waals surface area (Å²) in [4.78, 5) is 23.9. The first-order valence-electron chi connectivity index (χ1n) is 20.0. The molecule has 0 rings (SSSR count). The van der Waals surface area contributed by atoms with Crippen molar-refractivity contribution in [3.05, 3.63) is 60.9 Å². The molecule has 0 saturated heterocycles. The molecule has 276 valence electrons. The van der Waals surface area contributed by atoms with Gasteiger partial charge in [-0.05, 0) is 103 Å². The minimum absolute atomic E-state index is 0.111. The number of amides is 1. The van der Waals surface area contributed by atoms with Gasteiger partial charge in [0.2, 0.25) is 5.91 Å². The zero-order chi connectivity index (χ0) is 35.2. The third-order valence-electron chi connectivity index (χ3n) is 8.70. The second kappa shape index (κ2) is 37.3. The Balaban J connectivity index is 3.69. The van der Waals surface area contributed by atoms with E-state index >= 15 is 0 Å². The van der Waals surface area contributed by atoms with Gasteiger partial charge < -0.3 is 15.7 Å². The number of carbonyl (C=O) groups excluding carboxylic acids is 1. The summed E-state index contributed by atoms with van der Waals surface area (Å²) in [5.41, 5.74) is 0.818. The molecule has 0 radical (unpaired) electrons. The van der Waals surface area contributed by atoms with Crippen LogP contribution in [0.5, 0.6) is 0 Å². The SMILES string of the molecule is C=C(CCCCCCC/C=C\C/C=C\CCCCC)N[C@@H](CCCCNC(=O)CCCCCCC/C=C\C/C=C\CCCCC)C(=O)O. The maximum Gasteiger partial charge on any atom is 0.326 e. The van der Waals surface area contributed by atoms with E-state index in [1.54, 1.807) is 0 Å². The van der Waals surface area contributed by atoms with Crippen LogP contribution in [0.4, 0.5) is 0 Å². The maximum absolute atomic E-state index is 12.2. The van der Waals surface area contributed by atoms with Gasteiger partial charge in [0.25, 0.3) is 0 Å². The number of carbonyl (C=O) groups is 2. The molecule has 0 unspecified atom stereocenters. The van der Waals surface area contributed by atoms with Crippen LogP contribution in [0.3, 0.4) is 0 Å². The van der Waals surface area contributed by atoms with Gasteiger partial charge in [-0.3, -0.25) is 4.79 Å². The summed E-state index contributed by atoms with van der Waals surface area (Å²) in [6.45, 7) is 9.17. The number of carboxylic acid groups (broad SMARTS) is 1. The van der Waals surface area contributed by atoms with Crippen LogP contribution in [0.15, 0.2) is 60.9 Å². The lowest BCUT2D eigenvalue weighted by Crippen LogP contribution is -2.36. The molecule has 1 atom stereocenters. The molecular formula is C43H76N2O3. The Bertz CT molecular complexity index is 873. The monoisotopic (exact) mass is 669 g/mol. The van der Waals surface area contributed by atoms with E-state index < -0.39 is 12.0 Å². The van der Waals surface area contributed by atoms with Crippen molar-refractivity contribution in [3.8, 4) is 0 Å². The lowest BCUT2D eigenvalue weighted by atomic mass is 10.1. The van der Waals surface area contributed by atoms with Crippen LogP contribution >= 0.6 is 0 Å². The summed E-state index contributed by atoms with van der Waals surface area (Å²) in [5.74, 6) is -0.721. The van der Waals surface area contributed by atoms with E-state index in [0.717, 1.165) is 76.3 Å². The quantitative estimate of drug-likeness (QED) is 0.0458. The van der Waals surface area contributed by atoms with Gasteiger partial charge in [-0.1, -0.05) is 133 Å². The first-order valence-corrected chi connectivity index (χ1v) is 20.0. The Morgan fingerprint density at radius 1 is 0.562 bits per heavy atom. The van der Waals surface area contributed by atoms with Crippen LogP contribution in [-0.4, -0.2) is 29.6 Å². The van der Waals surface area contributed by atoms with Crippen molar-refractivity contribution >= 4 is 11.9 Å². The molecule has 0 aromatic carbocycles. The molecule has 0 aliphatic carbocycles. The number of hydrogen-bond acceptors (Lipinski definition) is 3. The molecule has 0 aromatic rings. The van der Waals surface area contributed by atoms with Gasteiger partial charge in [-0.25, -0.2) is 4.79 Å². The van der Waals surface area contributed by atoms with Crippen molar-refractivity contribution in [2.75, 3.05) is 6.54 Å². The lowest BCUT2D eigenvalue weighted by molar-refractivity contribution is -0.139. The minimum atomic E-state index is -0.832. The summed E-state index contributed by atoms with van der Waals surface area (Å²) >= 11 is 0. The van der Waals surface area contributed by atoms with Crippen LogP contribution in [0, 0.1) is 0 Å². The van der Waals surface area contributed by atoms with Crippen LogP contribution < -0.4 is 10.6 Å². The van der Waals surface area contributed by atoms with E-state index in [0.29, 0.717) is 19.4 Å². The van der Waals surface area contributed by atoms with Crippen molar-refractivity contribution < 1.29 is 14.7 Å². The van der Waals surface area contributed by atoms with E-state index in [1.165, 1.54) is 89.9 Å². The van der Waals surface area contributed by atoms with E-state index in [2.05, 4.69) is 79.7 Å². The summed E-state index contributed by atoms with van der Waals surface area (Å²) < 4.78 is 0. The van der Waals surface area contributed by atoms with Gasteiger partial charge in [0, 0.05) is 18.7 Å². The zero-order valence-electron chi connectivity index (χ0n) is 31.5. The zero-order valence-corrected chi connectivity index (χ0v) is 31.5. The topological polar surface area (TPSA) is 78.4 Å². The predicted octanol–water partition coefficient (Wildman–Crippen LogP) is 12.5. The van der Waals surface area contributed by atoms with Crippen molar-refractivity contribution in [1.82, 2.24) is 10.6 Å². The van der Waals surface area contributed by atoms with Gasteiger partial charge in [0.15, 0.2) is 0 Å². The minimum Gasteiger partial charge on any atom is -0.480 e. The lowest BCUT2D eigenvalue weighted by Gasteiger charge is -2.17. The molecule has 3 N–H and O–H groups in total. The van der Waals surface area contributed by atoms with Gasteiger partial charge >= 0.3 is 5.97 Å². The maximum atomic E-state index is 12.2. The number of nitrogens with one attached hydrogen (secondary N) is 2. The highest BCUT2D eigenvalue weighted by molar-refractivity contribution is 5.75. The van der Waals surface area contributed by atoms with Crippen LogP contribution in [0.1, 0.15) is 187 Å². The second-order valence-electron chi connectivity index (χ2n) is 13.4. The van der Waals surface area contributed by atoms with Crippen molar-refractivity contribution in [3.63, 3.8) is 0 Å².